The molecule has 1 N–H and O–H groups in total. The number of thioether (sulfide) groups is 1. The zero-order valence-electron chi connectivity index (χ0n) is 19.7. The average Bonchev–Trinajstić information content (AvgIpc) is 2.69. The Morgan fingerprint density at radius 1 is 0.935 bits per heavy atom. The van der Waals surface area contributed by atoms with Crippen LogP contribution in [0.4, 0.5) is 0 Å². The van der Waals surface area contributed by atoms with Crippen LogP contribution in [0, 0.1) is 26.7 Å². The summed E-state index contributed by atoms with van der Waals surface area (Å²) in [6.45, 7) is 13.2. The molecular weight excluding hydrogens is 404 g/mol. The van der Waals surface area contributed by atoms with Crippen molar-refractivity contribution in [1.82, 2.24) is 10.2 Å². The fraction of sp³-hybridized carbons (Fsp3) is 0.462. The maximum Gasteiger partial charge on any atom is 0.242 e. The van der Waals surface area contributed by atoms with Crippen LogP contribution in [0.25, 0.3) is 0 Å². The Bertz CT molecular complexity index is 874. The summed E-state index contributed by atoms with van der Waals surface area (Å²) in [7, 11) is 0. The highest BCUT2D eigenvalue weighted by Gasteiger charge is 2.26. The first kappa shape index (κ1) is 25.0. The topological polar surface area (TPSA) is 49.4 Å². The second kappa shape index (κ2) is 11.9. The molecule has 5 heteroatoms. The molecule has 0 aliphatic rings. The lowest BCUT2D eigenvalue weighted by molar-refractivity contribution is -0.138. The van der Waals surface area contributed by atoms with Gasteiger partial charge < -0.3 is 10.2 Å². The Morgan fingerprint density at radius 3 is 2.19 bits per heavy atom. The van der Waals surface area contributed by atoms with Crippen molar-refractivity contribution in [3.63, 3.8) is 0 Å². The first-order chi connectivity index (χ1) is 14.7. The summed E-state index contributed by atoms with van der Waals surface area (Å²) in [6, 6.07) is 14.1. The van der Waals surface area contributed by atoms with Crippen molar-refractivity contribution in [1.29, 1.82) is 0 Å². The third-order valence-corrected chi connectivity index (χ3v) is 6.05. The second-order valence-corrected chi connectivity index (χ2v) is 9.80. The van der Waals surface area contributed by atoms with Gasteiger partial charge in [0.1, 0.15) is 6.04 Å². The van der Waals surface area contributed by atoms with Gasteiger partial charge in [-0.05, 0) is 44.7 Å². The van der Waals surface area contributed by atoms with E-state index in [-0.39, 0.29) is 11.8 Å². The summed E-state index contributed by atoms with van der Waals surface area (Å²) in [5.41, 5.74) is 5.88. The number of carbonyl (C=O) groups is 2. The summed E-state index contributed by atoms with van der Waals surface area (Å²) in [5, 5.41) is 2.97. The Hall–Kier alpha value is -2.27. The van der Waals surface area contributed by atoms with Gasteiger partial charge in [0.05, 0.1) is 5.75 Å². The van der Waals surface area contributed by atoms with E-state index in [0.29, 0.717) is 24.8 Å². The lowest BCUT2D eigenvalue weighted by Gasteiger charge is -2.29. The first-order valence-electron chi connectivity index (χ1n) is 10.9. The smallest absolute Gasteiger partial charge is 0.242 e. The van der Waals surface area contributed by atoms with Crippen molar-refractivity contribution >= 4 is 23.6 Å². The first-order valence-corrected chi connectivity index (χ1v) is 12.1. The number of nitrogens with one attached hydrogen (secondary N) is 1. The van der Waals surface area contributed by atoms with Crippen molar-refractivity contribution in [2.24, 2.45) is 5.92 Å². The van der Waals surface area contributed by atoms with E-state index in [1.807, 2.05) is 32.0 Å². The molecular formula is C26H36N2O2S. The third kappa shape index (κ3) is 8.41. The summed E-state index contributed by atoms with van der Waals surface area (Å²) in [4.78, 5) is 27.6. The van der Waals surface area contributed by atoms with E-state index >= 15 is 0 Å². The largest absolute Gasteiger partial charge is 0.354 e. The Balaban J connectivity index is 2.08. The number of benzene rings is 2. The van der Waals surface area contributed by atoms with Crippen molar-refractivity contribution < 1.29 is 9.59 Å². The van der Waals surface area contributed by atoms with Crippen LogP contribution >= 0.6 is 11.8 Å². The van der Waals surface area contributed by atoms with Crippen molar-refractivity contribution in [2.75, 3.05) is 12.3 Å². The molecule has 0 bridgehead atoms. The van der Waals surface area contributed by atoms with Crippen molar-refractivity contribution in [3.05, 3.63) is 70.3 Å². The maximum atomic E-state index is 13.2. The lowest BCUT2D eigenvalue weighted by atomic mass is 10.1. The molecule has 0 heterocycles. The van der Waals surface area contributed by atoms with Gasteiger partial charge >= 0.3 is 0 Å². The van der Waals surface area contributed by atoms with Gasteiger partial charge in [-0.1, -0.05) is 73.0 Å². The van der Waals surface area contributed by atoms with Gasteiger partial charge in [-0.15, -0.1) is 11.8 Å². The minimum Gasteiger partial charge on any atom is -0.354 e. The highest BCUT2D eigenvalue weighted by molar-refractivity contribution is 7.99. The molecule has 0 spiro atoms. The zero-order chi connectivity index (χ0) is 23.0. The molecule has 168 valence electrons. The second-order valence-electron chi connectivity index (χ2n) is 8.81. The zero-order valence-corrected chi connectivity index (χ0v) is 20.5. The van der Waals surface area contributed by atoms with E-state index < -0.39 is 6.04 Å². The minimum atomic E-state index is -0.520. The number of carbonyl (C=O) groups excluding carboxylic acids is 2. The monoisotopic (exact) mass is 440 g/mol. The van der Waals surface area contributed by atoms with E-state index in [4.69, 9.17) is 0 Å². The normalized spacial score (nSPS) is 12.0. The van der Waals surface area contributed by atoms with E-state index in [1.54, 1.807) is 16.7 Å². The van der Waals surface area contributed by atoms with Crippen LogP contribution in [0.3, 0.4) is 0 Å². The minimum absolute atomic E-state index is 0.0110. The van der Waals surface area contributed by atoms with Crippen LogP contribution in [0.2, 0.25) is 0 Å². The van der Waals surface area contributed by atoms with Crippen LogP contribution < -0.4 is 5.32 Å². The third-order valence-electron chi connectivity index (χ3n) is 5.06. The van der Waals surface area contributed by atoms with E-state index in [9.17, 15) is 9.59 Å². The lowest BCUT2D eigenvalue weighted by Crippen LogP contribution is -2.48. The Kier molecular flexibility index (Phi) is 9.63. The van der Waals surface area contributed by atoms with Gasteiger partial charge in [0.2, 0.25) is 11.8 Å². The van der Waals surface area contributed by atoms with Gasteiger partial charge in [0.25, 0.3) is 0 Å². The summed E-state index contributed by atoms with van der Waals surface area (Å²) in [5.74, 6) is 1.38. The molecule has 2 rings (SSSR count). The molecule has 2 aromatic rings. The van der Waals surface area contributed by atoms with Crippen molar-refractivity contribution in [3.8, 4) is 0 Å². The van der Waals surface area contributed by atoms with Crippen LogP contribution in [0.15, 0.2) is 42.5 Å². The molecule has 0 aliphatic carbocycles. The number of hydrogen-bond donors (Lipinski definition) is 1. The molecule has 0 unspecified atom stereocenters. The number of nitrogens with zero attached hydrogens (tertiary/aromatic N) is 1. The van der Waals surface area contributed by atoms with Gasteiger partial charge in [0.15, 0.2) is 0 Å². The highest BCUT2D eigenvalue weighted by Crippen LogP contribution is 2.18. The number of hydrogen-bond acceptors (Lipinski definition) is 3. The molecule has 1 atom stereocenters. The van der Waals surface area contributed by atoms with Crippen LogP contribution in [0.5, 0.6) is 0 Å². The summed E-state index contributed by atoms with van der Waals surface area (Å²) in [6.07, 6.45) is 0. The number of amides is 2. The summed E-state index contributed by atoms with van der Waals surface area (Å²) >= 11 is 1.60. The predicted octanol–water partition coefficient (Wildman–Crippen LogP) is 5.03. The van der Waals surface area contributed by atoms with Crippen LogP contribution in [-0.2, 0) is 21.9 Å². The van der Waals surface area contributed by atoms with Crippen molar-refractivity contribution in [2.45, 2.75) is 59.9 Å². The molecule has 0 saturated carbocycles. The van der Waals surface area contributed by atoms with Gasteiger partial charge in [-0.25, -0.2) is 0 Å². The average molecular weight is 441 g/mol. The predicted molar refractivity (Wildman–Crippen MR) is 131 cm³/mol. The highest BCUT2D eigenvalue weighted by atomic mass is 32.2. The van der Waals surface area contributed by atoms with E-state index in [1.165, 1.54) is 16.7 Å². The number of aryl methyl sites for hydroxylation is 3. The summed E-state index contributed by atoms with van der Waals surface area (Å²) < 4.78 is 0. The number of rotatable bonds is 10. The SMILES string of the molecule is Cc1cc(C)cc(CSCC(=O)N(Cc2cccc(C)c2)[C@H](C)C(=O)NCC(C)C)c1. The Labute approximate surface area is 191 Å². The molecule has 0 aromatic heterocycles. The van der Waals surface area contributed by atoms with Gasteiger partial charge in [-0.3, -0.25) is 9.59 Å². The van der Waals surface area contributed by atoms with Gasteiger partial charge in [-0.2, -0.15) is 0 Å². The Morgan fingerprint density at radius 2 is 1.58 bits per heavy atom. The molecule has 0 radical (unpaired) electrons. The molecule has 0 saturated heterocycles. The molecule has 0 aliphatic heterocycles. The van der Waals surface area contributed by atoms with Gasteiger partial charge in [0, 0.05) is 18.8 Å². The molecule has 31 heavy (non-hydrogen) atoms. The molecule has 0 fully saturated rings. The fourth-order valence-corrected chi connectivity index (χ4v) is 4.38. The standard InChI is InChI=1S/C26H36N2O2S/c1-18(2)14-27-26(30)22(6)28(15-23-9-7-8-19(3)11-23)25(29)17-31-16-24-12-20(4)10-21(5)13-24/h7-13,18,22H,14-17H2,1-6H3,(H,27,30)/t22-/m1/s1. The van der Waals surface area contributed by atoms with Crippen LogP contribution in [-0.4, -0.2) is 35.1 Å². The molecule has 2 amide bonds. The fourth-order valence-electron chi connectivity index (χ4n) is 3.53. The quantitative estimate of drug-likeness (QED) is 0.563. The van der Waals surface area contributed by atoms with E-state index in [2.05, 4.69) is 57.3 Å². The molecule has 4 nitrogen and oxygen atoms in total. The molecule has 2 aromatic carbocycles. The van der Waals surface area contributed by atoms with E-state index in [0.717, 1.165) is 16.9 Å². The maximum absolute atomic E-state index is 13.2. The van der Waals surface area contributed by atoms with Crippen LogP contribution in [0.1, 0.15) is 48.6 Å².